The Morgan fingerprint density at radius 2 is 2.06 bits per heavy atom. The van der Waals surface area contributed by atoms with Crippen molar-refractivity contribution in [1.29, 1.82) is 0 Å². The molecule has 1 heterocycles. The van der Waals surface area contributed by atoms with Crippen LogP contribution in [0.1, 0.15) is 40.2 Å². The average molecular weight is 238 g/mol. The van der Waals surface area contributed by atoms with Crippen LogP contribution in [-0.4, -0.2) is 22.9 Å². The van der Waals surface area contributed by atoms with Gasteiger partial charge in [-0.15, -0.1) is 0 Å². The first-order chi connectivity index (χ1) is 8.02. The summed E-state index contributed by atoms with van der Waals surface area (Å²) in [6.07, 6.45) is 3.17. The van der Waals surface area contributed by atoms with Crippen LogP contribution in [0.5, 0.6) is 0 Å². The maximum atomic E-state index is 5.77. The zero-order valence-electron chi connectivity index (χ0n) is 11.5. The summed E-state index contributed by atoms with van der Waals surface area (Å²) in [7, 11) is 0. The quantitative estimate of drug-likeness (QED) is 0.767. The van der Waals surface area contributed by atoms with Crippen molar-refractivity contribution in [3.05, 3.63) is 12.3 Å². The number of anilines is 1. The molecule has 0 aliphatic rings. The van der Waals surface area contributed by atoms with Crippen LogP contribution >= 0.6 is 0 Å². The number of rotatable bonds is 7. The van der Waals surface area contributed by atoms with Crippen LogP contribution in [0.4, 0.5) is 5.82 Å². The Kier molecular flexibility index (Phi) is 5.48. The van der Waals surface area contributed by atoms with E-state index < -0.39 is 0 Å². The van der Waals surface area contributed by atoms with Crippen LogP contribution in [0.2, 0.25) is 0 Å². The summed E-state index contributed by atoms with van der Waals surface area (Å²) in [6, 6.07) is 2.43. The van der Waals surface area contributed by atoms with Gasteiger partial charge in [-0.1, -0.05) is 13.8 Å². The van der Waals surface area contributed by atoms with Gasteiger partial charge < -0.3 is 11.1 Å². The molecule has 17 heavy (non-hydrogen) atoms. The van der Waals surface area contributed by atoms with Gasteiger partial charge in [-0.05, 0) is 38.6 Å². The third-order valence-electron chi connectivity index (χ3n) is 2.85. The molecule has 3 N–H and O–H groups in total. The standard InChI is InChI=1S/C13H26N4/c1-10(2)7-12(8-14)9-15-13-5-6-17(16-13)11(3)4/h5-6,10-12H,7-9,14H2,1-4H3,(H,15,16). The Morgan fingerprint density at radius 3 is 2.53 bits per heavy atom. The first-order valence-corrected chi connectivity index (χ1v) is 6.52. The van der Waals surface area contributed by atoms with E-state index in [0.29, 0.717) is 17.9 Å². The van der Waals surface area contributed by atoms with Crippen molar-refractivity contribution in [1.82, 2.24) is 9.78 Å². The number of aromatic nitrogens is 2. The van der Waals surface area contributed by atoms with Gasteiger partial charge in [0.1, 0.15) is 5.82 Å². The van der Waals surface area contributed by atoms with Gasteiger partial charge >= 0.3 is 0 Å². The molecule has 0 saturated carbocycles. The second-order valence-electron chi connectivity index (χ2n) is 5.39. The monoisotopic (exact) mass is 238 g/mol. The minimum atomic E-state index is 0.409. The van der Waals surface area contributed by atoms with Crippen molar-refractivity contribution < 1.29 is 0 Å². The van der Waals surface area contributed by atoms with Crippen molar-refractivity contribution in [2.45, 2.75) is 40.2 Å². The number of nitrogens with zero attached hydrogens (tertiary/aromatic N) is 2. The van der Waals surface area contributed by atoms with Crippen molar-refractivity contribution in [2.75, 3.05) is 18.4 Å². The molecule has 4 nitrogen and oxygen atoms in total. The highest BCUT2D eigenvalue weighted by Gasteiger charge is 2.09. The molecule has 0 aliphatic carbocycles. The van der Waals surface area contributed by atoms with E-state index in [0.717, 1.165) is 25.3 Å². The Labute approximate surface area is 105 Å². The lowest BCUT2D eigenvalue weighted by Crippen LogP contribution is -2.24. The third-order valence-corrected chi connectivity index (χ3v) is 2.85. The smallest absolute Gasteiger partial charge is 0.148 e. The summed E-state index contributed by atoms with van der Waals surface area (Å²) >= 11 is 0. The van der Waals surface area contributed by atoms with Gasteiger partial charge in [0.2, 0.25) is 0 Å². The van der Waals surface area contributed by atoms with E-state index >= 15 is 0 Å². The lowest BCUT2D eigenvalue weighted by Gasteiger charge is -2.17. The molecule has 0 aromatic carbocycles. The minimum Gasteiger partial charge on any atom is -0.368 e. The van der Waals surface area contributed by atoms with Crippen LogP contribution in [0, 0.1) is 11.8 Å². The molecule has 0 fully saturated rings. The molecule has 1 aromatic heterocycles. The summed E-state index contributed by atoms with van der Waals surface area (Å²) in [4.78, 5) is 0. The Hall–Kier alpha value is -1.03. The largest absolute Gasteiger partial charge is 0.368 e. The highest BCUT2D eigenvalue weighted by atomic mass is 15.3. The Balaban J connectivity index is 2.42. The van der Waals surface area contributed by atoms with Gasteiger partial charge in [-0.2, -0.15) is 5.10 Å². The maximum absolute atomic E-state index is 5.77. The van der Waals surface area contributed by atoms with Gasteiger partial charge in [0.05, 0.1) is 0 Å². The molecular formula is C13H26N4. The average Bonchev–Trinajstić information content (AvgIpc) is 2.72. The molecule has 0 bridgehead atoms. The molecule has 1 aromatic rings. The van der Waals surface area contributed by atoms with Gasteiger partial charge in [-0.3, -0.25) is 4.68 Å². The molecule has 1 rings (SSSR count). The Bertz CT molecular complexity index is 317. The molecule has 0 saturated heterocycles. The van der Waals surface area contributed by atoms with Crippen LogP contribution in [0.25, 0.3) is 0 Å². The second-order valence-corrected chi connectivity index (χ2v) is 5.39. The predicted octanol–water partition coefficient (Wildman–Crippen LogP) is 2.50. The summed E-state index contributed by atoms with van der Waals surface area (Å²) in [5.41, 5.74) is 5.77. The lowest BCUT2D eigenvalue weighted by atomic mass is 9.97. The van der Waals surface area contributed by atoms with Crippen molar-refractivity contribution in [2.24, 2.45) is 17.6 Å². The molecule has 1 unspecified atom stereocenters. The molecule has 98 valence electrons. The fraction of sp³-hybridized carbons (Fsp3) is 0.769. The van der Waals surface area contributed by atoms with Gasteiger partial charge in [0.25, 0.3) is 0 Å². The van der Waals surface area contributed by atoms with Crippen LogP contribution in [0.15, 0.2) is 12.3 Å². The molecule has 0 spiro atoms. The predicted molar refractivity (Wildman–Crippen MR) is 73.1 cm³/mol. The van der Waals surface area contributed by atoms with E-state index in [2.05, 4.69) is 38.1 Å². The summed E-state index contributed by atoms with van der Waals surface area (Å²) in [6.45, 7) is 10.3. The highest BCUT2D eigenvalue weighted by Crippen LogP contribution is 2.13. The zero-order chi connectivity index (χ0) is 12.8. The summed E-state index contributed by atoms with van der Waals surface area (Å²) in [5.74, 6) is 2.17. The van der Waals surface area contributed by atoms with E-state index in [1.54, 1.807) is 0 Å². The molecule has 0 radical (unpaired) electrons. The zero-order valence-corrected chi connectivity index (χ0v) is 11.5. The van der Waals surface area contributed by atoms with Crippen molar-refractivity contribution >= 4 is 5.82 Å². The van der Waals surface area contributed by atoms with Crippen molar-refractivity contribution in [3.8, 4) is 0 Å². The fourth-order valence-electron chi connectivity index (χ4n) is 1.90. The van der Waals surface area contributed by atoms with Crippen molar-refractivity contribution in [3.63, 3.8) is 0 Å². The third kappa shape index (κ3) is 4.77. The highest BCUT2D eigenvalue weighted by molar-refractivity contribution is 5.32. The number of nitrogens with one attached hydrogen (secondary N) is 1. The molecule has 0 aliphatic heterocycles. The topological polar surface area (TPSA) is 55.9 Å². The number of hydrogen-bond acceptors (Lipinski definition) is 3. The molecule has 1 atom stereocenters. The minimum absolute atomic E-state index is 0.409. The normalized spacial score (nSPS) is 13.4. The second kappa shape index (κ2) is 6.64. The van der Waals surface area contributed by atoms with E-state index in [1.165, 1.54) is 0 Å². The maximum Gasteiger partial charge on any atom is 0.148 e. The van der Waals surface area contributed by atoms with E-state index in [-0.39, 0.29) is 0 Å². The van der Waals surface area contributed by atoms with Gasteiger partial charge in [0, 0.05) is 24.8 Å². The van der Waals surface area contributed by atoms with Gasteiger partial charge in [-0.25, -0.2) is 0 Å². The SMILES string of the molecule is CC(C)CC(CN)CNc1ccn(C(C)C)n1. The van der Waals surface area contributed by atoms with Crippen LogP contribution in [0.3, 0.4) is 0 Å². The van der Waals surface area contributed by atoms with E-state index in [1.807, 2.05) is 16.9 Å². The first kappa shape index (κ1) is 14.0. The van der Waals surface area contributed by atoms with E-state index in [4.69, 9.17) is 5.73 Å². The van der Waals surface area contributed by atoms with Crippen LogP contribution < -0.4 is 11.1 Å². The summed E-state index contributed by atoms with van der Waals surface area (Å²) < 4.78 is 1.96. The number of hydrogen-bond donors (Lipinski definition) is 2. The first-order valence-electron chi connectivity index (χ1n) is 6.52. The summed E-state index contributed by atoms with van der Waals surface area (Å²) in [5, 5.41) is 7.82. The van der Waals surface area contributed by atoms with E-state index in [9.17, 15) is 0 Å². The van der Waals surface area contributed by atoms with Crippen LogP contribution in [-0.2, 0) is 0 Å². The fourth-order valence-corrected chi connectivity index (χ4v) is 1.90. The lowest BCUT2D eigenvalue weighted by molar-refractivity contribution is 0.432. The molecule has 0 amide bonds. The van der Waals surface area contributed by atoms with Gasteiger partial charge in [0.15, 0.2) is 0 Å². The number of nitrogens with two attached hydrogens (primary N) is 1. The molecule has 4 heteroatoms. The molecular weight excluding hydrogens is 212 g/mol. The Morgan fingerprint density at radius 1 is 1.35 bits per heavy atom.